The number of sulfonamides is 1. The zero-order valence-corrected chi connectivity index (χ0v) is 11.3. The van der Waals surface area contributed by atoms with Crippen LogP contribution in [0.3, 0.4) is 0 Å². The molecule has 0 fully saturated rings. The SMILES string of the molecule is CCCCNS(=O)(=O)c1ccccc1C(=O)OC. The van der Waals surface area contributed by atoms with Gasteiger partial charge in [-0.25, -0.2) is 17.9 Å². The van der Waals surface area contributed by atoms with Gasteiger partial charge in [0.1, 0.15) is 0 Å². The number of nitrogens with one attached hydrogen (secondary N) is 1. The lowest BCUT2D eigenvalue weighted by Crippen LogP contribution is -2.26. The molecule has 0 saturated carbocycles. The van der Waals surface area contributed by atoms with E-state index in [9.17, 15) is 13.2 Å². The predicted octanol–water partition coefficient (Wildman–Crippen LogP) is 1.55. The molecule has 0 aliphatic carbocycles. The van der Waals surface area contributed by atoms with E-state index in [-0.39, 0.29) is 10.5 Å². The second-order valence-electron chi connectivity index (χ2n) is 3.74. The average Bonchev–Trinajstić information content (AvgIpc) is 2.38. The predicted molar refractivity (Wildman–Crippen MR) is 67.9 cm³/mol. The summed E-state index contributed by atoms with van der Waals surface area (Å²) in [4.78, 5) is 11.4. The second kappa shape index (κ2) is 6.51. The molecule has 0 amide bonds. The smallest absolute Gasteiger partial charge is 0.339 e. The van der Waals surface area contributed by atoms with Crippen LogP contribution in [0.4, 0.5) is 0 Å². The Balaban J connectivity index is 3.05. The standard InChI is InChI=1S/C12H17NO4S/c1-3-4-9-13-18(15,16)11-8-6-5-7-10(11)12(14)17-2/h5-8,13H,3-4,9H2,1-2H3. The fourth-order valence-electron chi connectivity index (χ4n) is 1.44. The maximum Gasteiger partial charge on any atom is 0.339 e. The minimum absolute atomic E-state index is 0.0454. The minimum atomic E-state index is -3.67. The summed E-state index contributed by atoms with van der Waals surface area (Å²) in [5.74, 6) is -0.661. The van der Waals surface area contributed by atoms with Crippen molar-refractivity contribution in [3.63, 3.8) is 0 Å². The van der Waals surface area contributed by atoms with Gasteiger partial charge < -0.3 is 4.74 Å². The molecule has 5 nitrogen and oxygen atoms in total. The summed E-state index contributed by atoms with van der Waals surface area (Å²) in [7, 11) is -2.45. The fourth-order valence-corrected chi connectivity index (χ4v) is 2.71. The Morgan fingerprint density at radius 3 is 2.61 bits per heavy atom. The zero-order valence-electron chi connectivity index (χ0n) is 10.5. The van der Waals surface area contributed by atoms with Crippen molar-refractivity contribution in [2.75, 3.05) is 13.7 Å². The quantitative estimate of drug-likeness (QED) is 0.629. The van der Waals surface area contributed by atoms with E-state index in [1.165, 1.54) is 19.2 Å². The molecule has 1 aromatic carbocycles. The maximum absolute atomic E-state index is 12.0. The Morgan fingerprint density at radius 1 is 1.33 bits per heavy atom. The van der Waals surface area contributed by atoms with Gasteiger partial charge in [-0.05, 0) is 18.6 Å². The largest absolute Gasteiger partial charge is 0.465 e. The summed E-state index contributed by atoms with van der Waals surface area (Å²) >= 11 is 0. The van der Waals surface area contributed by atoms with Gasteiger partial charge in [0.2, 0.25) is 10.0 Å². The summed E-state index contributed by atoms with van der Waals surface area (Å²) < 4.78 is 31.1. The molecule has 0 aromatic heterocycles. The molecule has 0 bridgehead atoms. The van der Waals surface area contributed by atoms with Gasteiger partial charge in [-0.2, -0.15) is 0 Å². The van der Waals surface area contributed by atoms with Gasteiger partial charge in [0.15, 0.2) is 0 Å². The highest BCUT2D eigenvalue weighted by Crippen LogP contribution is 2.16. The maximum atomic E-state index is 12.0. The van der Waals surface area contributed by atoms with E-state index in [2.05, 4.69) is 9.46 Å². The number of hydrogen-bond acceptors (Lipinski definition) is 4. The molecule has 100 valence electrons. The third-order valence-electron chi connectivity index (χ3n) is 2.40. The van der Waals surface area contributed by atoms with E-state index in [0.29, 0.717) is 6.54 Å². The normalized spacial score (nSPS) is 11.2. The molecule has 0 saturated heterocycles. The van der Waals surface area contributed by atoms with Crippen molar-refractivity contribution in [2.45, 2.75) is 24.7 Å². The van der Waals surface area contributed by atoms with Gasteiger partial charge in [-0.3, -0.25) is 0 Å². The highest BCUT2D eigenvalue weighted by Gasteiger charge is 2.21. The van der Waals surface area contributed by atoms with E-state index in [0.717, 1.165) is 12.8 Å². The van der Waals surface area contributed by atoms with E-state index in [1.807, 2.05) is 6.92 Å². The lowest BCUT2D eigenvalue weighted by molar-refractivity contribution is 0.0596. The molecular formula is C12H17NO4S. The van der Waals surface area contributed by atoms with Crippen LogP contribution in [0.2, 0.25) is 0 Å². The molecule has 1 aromatic rings. The van der Waals surface area contributed by atoms with Gasteiger partial charge in [-0.1, -0.05) is 25.5 Å². The van der Waals surface area contributed by atoms with Crippen LogP contribution in [0, 0.1) is 0 Å². The third kappa shape index (κ3) is 3.54. The Hall–Kier alpha value is -1.40. The Morgan fingerprint density at radius 2 is 2.00 bits per heavy atom. The number of carbonyl (C=O) groups is 1. The number of methoxy groups -OCH3 is 1. The molecule has 0 radical (unpaired) electrons. The average molecular weight is 271 g/mol. The van der Waals surface area contributed by atoms with Crippen molar-refractivity contribution in [2.24, 2.45) is 0 Å². The van der Waals surface area contributed by atoms with Crippen LogP contribution < -0.4 is 4.72 Å². The molecule has 1 N–H and O–H groups in total. The van der Waals surface area contributed by atoms with Gasteiger partial charge in [0, 0.05) is 6.54 Å². The molecule has 0 unspecified atom stereocenters. The number of hydrogen-bond donors (Lipinski definition) is 1. The van der Waals surface area contributed by atoms with Crippen LogP contribution in [0.25, 0.3) is 0 Å². The lowest BCUT2D eigenvalue weighted by atomic mass is 10.2. The van der Waals surface area contributed by atoms with E-state index < -0.39 is 16.0 Å². The van der Waals surface area contributed by atoms with Crippen LogP contribution in [0.15, 0.2) is 29.2 Å². The number of ether oxygens (including phenoxy) is 1. The van der Waals surface area contributed by atoms with Crippen molar-refractivity contribution < 1.29 is 17.9 Å². The topological polar surface area (TPSA) is 72.5 Å². The van der Waals surface area contributed by atoms with E-state index in [1.54, 1.807) is 12.1 Å². The molecule has 0 spiro atoms. The van der Waals surface area contributed by atoms with Crippen molar-refractivity contribution >= 4 is 16.0 Å². The summed E-state index contributed by atoms with van der Waals surface area (Å²) in [6, 6.07) is 5.99. The lowest BCUT2D eigenvalue weighted by Gasteiger charge is -2.09. The number of carbonyl (C=O) groups excluding carboxylic acids is 1. The van der Waals surface area contributed by atoms with E-state index >= 15 is 0 Å². The molecule has 1 rings (SSSR count). The first-order chi connectivity index (χ1) is 8.53. The summed E-state index contributed by atoms with van der Waals surface area (Å²) in [5.41, 5.74) is 0.0454. The molecular weight excluding hydrogens is 254 g/mol. The van der Waals surface area contributed by atoms with Crippen LogP contribution in [-0.2, 0) is 14.8 Å². The first kappa shape index (κ1) is 14.7. The zero-order chi connectivity index (χ0) is 13.6. The Labute approximate surface area is 107 Å². The molecule has 0 aliphatic rings. The molecule has 18 heavy (non-hydrogen) atoms. The first-order valence-electron chi connectivity index (χ1n) is 5.70. The summed E-state index contributed by atoms with van der Waals surface area (Å²) in [6.45, 7) is 2.32. The Kier molecular flexibility index (Phi) is 5.30. The summed E-state index contributed by atoms with van der Waals surface area (Å²) in [6.07, 6.45) is 1.64. The monoisotopic (exact) mass is 271 g/mol. The van der Waals surface area contributed by atoms with Gasteiger partial charge in [-0.15, -0.1) is 0 Å². The highest BCUT2D eigenvalue weighted by molar-refractivity contribution is 7.89. The number of esters is 1. The van der Waals surface area contributed by atoms with Gasteiger partial charge >= 0.3 is 5.97 Å². The van der Waals surface area contributed by atoms with Crippen molar-refractivity contribution in [1.29, 1.82) is 0 Å². The van der Waals surface area contributed by atoms with Crippen molar-refractivity contribution in [3.05, 3.63) is 29.8 Å². The van der Waals surface area contributed by atoms with Crippen molar-refractivity contribution in [1.82, 2.24) is 4.72 Å². The molecule has 0 atom stereocenters. The molecule has 6 heteroatoms. The fraction of sp³-hybridized carbons (Fsp3) is 0.417. The van der Waals surface area contributed by atoms with Crippen LogP contribution >= 0.6 is 0 Å². The van der Waals surface area contributed by atoms with Crippen LogP contribution in [0.5, 0.6) is 0 Å². The summed E-state index contributed by atoms with van der Waals surface area (Å²) in [5, 5.41) is 0. The minimum Gasteiger partial charge on any atom is -0.465 e. The number of rotatable bonds is 6. The number of benzene rings is 1. The van der Waals surface area contributed by atoms with E-state index in [4.69, 9.17) is 0 Å². The number of unbranched alkanes of at least 4 members (excludes halogenated alkanes) is 1. The Bertz CT molecular complexity index is 511. The van der Waals surface area contributed by atoms with Gasteiger partial charge in [0.25, 0.3) is 0 Å². The van der Waals surface area contributed by atoms with Crippen LogP contribution in [-0.4, -0.2) is 28.0 Å². The molecule has 0 heterocycles. The third-order valence-corrected chi connectivity index (χ3v) is 3.92. The van der Waals surface area contributed by atoms with Crippen LogP contribution in [0.1, 0.15) is 30.1 Å². The van der Waals surface area contributed by atoms with Crippen molar-refractivity contribution in [3.8, 4) is 0 Å². The second-order valence-corrected chi connectivity index (χ2v) is 5.47. The first-order valence-corrected chi connectivity index (χ1v) is 7.18. The molecule has 0 aliphatic heterocycles. The highest BCUT2D eigenvalue weighted by atomic mass is 32.2. The van der Waals surface area contributed by atoms with Gasteiger partial charge in [0.05, 0.1) is 17.6 Å².